The molecule has 0 amide bonds. The fraction of sp³-hybridized carbons (Fsp3) is 0.474. The van der Waals surface area contributed by atoms with Crippen molar-refractivity contribution in [3.05, 3.63) is 24.4 Å². The van der Waals surface area contributed by atoms with Gasteiger partial charge in [0.15, 0.2) is 11.5 Å². The van der Waals surface area contributed by atoms with Crippen LogP contribution >= 0.6 is 12.1 Å². The summed E-state index contributed by atoms with van der Waals surface area (Å²) in [7, 11) is 1.55. The maximum Gasteiger partial charge on any atom is 0.290 e. The molecular formula is C19H28N4O4S. The first-order valence-electron chi connectivity index (χ1n) is 9.12. The van der Waals surface area contributed by atoms with Crippen LogP contribution in [0.1, 0.15) is 19.8 Å². The number of phenols is 1. The van der Waals surface area contributed by atoms with E-state index in [1.807, 2.05) is 12.3 Å². The first-order chi connectivity index (χ1) is 13.5. The molecule has 3 rings (SSSR count). The molecule has 0 spiro atoms. The van der Waals surface area contributed by atoms with Crippen LogP contribution in [0.3, 0.4) is 0 Å². The number of fused-ring (bicyclic) bond motifs is 1. The van der Waals surface area contributed by atoms with Gasteiger partial charge in [-0.2, -0.15) is 0 Å². The van der Waals surface area contributed by atoms with E-state index in [-0.39, 0.29) is 12.2 Å². The number of piperidine rings is 1. The summed E-state index contributed by atoms with van der Waals surface area (Å²) >= 11 is 1.20. The topological polar surface area (TPSA) is 121 Å². The number of nitrogens with one attached hydrogen (secondary N) is 1. The number of rotatable bonds is 6. The third-order valence-electron chi connectivity index (χ3n) is 5.19. The third-order valence-corrected chi connectivity index (χ3v) is 5.53. The Morgan fingerprint density at radius 3 is 2.75 bits per heavy atom. The number of aromatic hydroxyl groups is 1. The minimum atomic E-state index is -0.250. The number of phenolic OH excluding ortho intramolecular Hbond substituents is 1. The van der Waals surface area contributed by atoms with Crippen molar-refractivity contribution in [2.24, 2.45) is 17.0 Å². The Hall–Kier alpha value is -2.23. The van der Waals surface area contributed by atoms with E-state index in [4.69, 9.17) is 19.8 Å². The van der Waals surface area contributed by atoms with E-state index >= 15 is 0 Å². The molecule has 1 fully saturated rings. The standard InChI is InChI=1S/C18H26N4O2S.CH2O2/c1-12(11-21-25-19)13-4-7-22(8-5-13)16-3-6-20-15-10-18(24-2)17(23)9-14(15)16;2-1-3/h3,6,9-10,12-13,21,23H,4-5,7-8,11,19H2,1-2H3;1H,(H,2,3). The number of pyridine rings is 1. The fourth-order valence-electron chi connectivity index (χ4n) is 3.64. The van der Waals surface area contributed by atoms with Gasteiger partial charge in [0.05, 0.1) is 12.6 Å². The number of ether oxygens (including phenoxy) is 1. The van der Waals surface area contributed by atoms with Gasteiger partial charge < -0.3 is 19.8 Å². The second-order valence-corrected chi connectivity index (χ2v) is 7.27. The monoisotopic (exact) mass is 408 g/mol. The molecule has 1 aromatic heterocycles. The van der Waals surface area contributed by atoms with Crippen molar-refractivity contribution in [3.63, 3.8) is 0 Å². The molecule has 2 aromatic rings. The SMILES string of the molecule is COc1cc2nccc(N3CCC(C(C)CNSN)CC3)c2cc1O.O=CO. The zero-order chi connectivity index (χ0) is 20.5. The molecule has 2 heterocycles. The van der Waals surface area contributed by atoms with Crippen LogP contribution in [0, 0.1) is 11.8 Å². The Balaban J connectivity index is 0.000000878. The van der Waals surface area contributed by atoms with Crippen LogP contribution < -0.4 is 19.5 Å². The average Bonchev–Trinajstić information content (AvgIpc) is 2.72. The lowest BCUT2D eigenvalue weighted by molar-refractivity contribution is -0.122. The quantitative estimate of drug-likeness (QED) is 0.422. The van der Waals surface area contributed by atoms with Crippen LogP contribution in [0.25, 0.3) is 10.9 Å². The van der Waals surface area contributed by atoms with E-state index in [2.05, 4.69) is 21.5 Å². The lowest BCUT2D eigenvalue weighted by atomic mass is 9.85. The van der Waals surface area contributed by atoms with E-state index in [0.717, 1.165) is 49.1 Å². The highest BCUT2D eigenvalue weighted by Gasteiger charge is 2.25. The minimum absolute atomic E-state index is 0.151. The third kappa shape index (κ3) is 5.40. The predicted molar refractivity (Wildman–Crippen MR) is 113 cm³/mol. The molecule has 8 nitrogen and oxygen atoms in total. The summed E-state index contributed by atoms with van der Waals surface area (Å²) in [6.07, 6.45) is 4.14. The van der Waals surface area contributed by atoms with Gasteiger partial charge in [0, 0.05) is 55.1 Å². The van der Waals surface area contributed by atoms with Gasteiger partial charge in [0.25, 0.3) is 6.47 Å². The van der Waals surface area contributed by atoms with Crippen molar-refractivity contribution in [2.45, 2.75) is 19.8 Å². The molecule has 0 saturated carbocycles. The number of aromatic nitrogens is 1. The van der Waals surface area contributed by atoms with Gasteiger partial charge in [-0.05, 0) is 36.8 Å². The lowest BCUT2D eigenvalue weighted by Gasteiger charge is -2.36. The van der Waals surface area contributed by atoms with Crippen molar-refractivity contribution in [1.82, 2.24) is 9.71 Å². The van der Waals surface area contributed by atoms with Gasteiger partial charge >= 0.3 is 0 Å². The maximum atomic E-state index is 10.1. The molecule has 0 aliphatic carbocycles. The highest BCUT2D eigenvalue weighted by Crippen LogP contribution is 2.36. The number of benzene rings is 1. The summed E-state index contributed by atoms with van der Waals surface area (Å²) in [5.74, 6) is 1.92. The van der Waals surface area contributed by atoms with Crippen molar-refractivity contribution in [1.29, 1.82) is 0 Å². The maximum absolute atomic E-state index is 10.1. The zero-order valence-electron chi connectivity index (χ0n) is 16.2. The largest absolute Gasteiger partial charge is 0.504 e. The summed E-state index contributed by atoms with van der Waals surface area (Å²) in [5.41, 5.74) is 1.97. The Morgan fingerprint density at radius 1 is 1.46 bits per heavy atom. The molecule has 0 bridgehead atoms. The van der Waals surface area contributed by atoms with Crippen LogP contribution in [0.5, 0.6) is 11.5 Å². The number of hydrogen-bond acceptors (Lipinski definition) is 8. The van der Waals surface area contributed by atoms with Gasteiger partial charge in [0.2, 0.25) is 0 Å². The molecule has 1 saturated heterocycles. The van der Waals surface area contributed by atoms with E-state index in [1.165, 1.54) is 12.1 Å². The average molecular weight is 409 g/mol. The molecule has 5 N–H and O–H groups in total. The van der Waals surface area contributed by atoms with Gasteiger partial charge in [-0.15, -0.1) is 0 Å². The van der Waals surface area contributed by atoms with Crippen molar-refractivity contribution in [2.75, 3.05) is 31.6 Å². The Kier molecular flexibility index (Phi) is 8.62. The number of nitrogens with zero attached hydrogens (tertiary/aromatic N) is 2. The Bertz CT molecular complexity index is 769. The van der Waals surface area contributed by atoms with Crippen LogP contribution in [0.4, 0.5) is 5.69 Å². The molecule has 0 radical (unpaired) electrons. The smallest absolute Gasteiger partial charge is 0.290 e. The van der Waals surface area contributed by atoms with Gasteiger partial charge in [0.1, 0.15) is 0 Å². The molecule has 154 valence electrons. The molecule has 28 heavy (non-hydrogen) atoms. The normalized spacial score (nSPS) is 15.6. The number of hydrogen-bond donors (Lipinski definition) is 4. The van der Waals surface area contributed by atoms with Crippen LogP contribution in [-0.4, -0.2) is 48.4 Å². The summed E-state index contributed by atoms with van der Waals surface area (Å²) in [6.45, 7) is 5.00. The Morgan fingerprint density at radius 2 is 2.14 bits per heavy atom. The minimum Gasteiger partial charge on any atom is -0.504 e. The fourth-order valence-corrected chi connectivity index (χ4v) is 4.00. The second kappa shape index (κ2) is 10.9. The number of anilines is 1. The van der Waals surface area contributed by atoms with Crippen LogP contribution in [0.15, 0.2) is 24.4 Å². The van der Waals surface area contributed by atoms with Gasteiger partial charge in [-0.1, -0.05) is 6.92 Å². The Labute approximate surface area is 169 Å². The number of carboxylic acid groups (broad SMARTS) is 1. The van der Waals surface area contributed by atoms with E-state index in [0.29, 0.717) is 17.6 Å². The molecule has 1 aliphatic heterocycles. The molecular weight excluding hydrogens is 380 g/mol. The van der Waals surface area contributed by atoms with E-state index in [1.54, 1.807) is 19.2 Å². The van der Waals surface area contributed by atoms with Crippen LogP contribution in [-0.2, 0) is 4.79 Å². The van der Waals surface area contributed by atoms with Crippen LogP contribution in [0.2, 0.25) is 0 Å². The number of carbonyl (C=O) groups is 1. The van der Waals surface area contributed by atoms with E-state index < -0.39 is 0 Å². The summed E-state index contributed by atoms with van der Waals surface area (Å²) in [5, 5.41) is 23.4. The first-order valence-corrected chi connectivity index (χ1v) is 10.0. The summed E-state index contributed by atoms with van der Waals surface area (Å²) < 4.78 is 8.35. The molecule has 1 atom stereocenters. The highest BCUT2D eigenvalue weighted by atomic mass is 32.2. The summed E-state index contributed by atoms with van der Waals surface area (Å²) in [4.78, 5) is 15.2. The number of methoxy groups -OCH3 is 1. The predicted octanol–water partition coefficient (Wildman–Crippen LogP) is 2.61. The lowest BCUT2D eigenvalue weighted by Crippen LogP contribution is -2.37. The molecule has 1 aliphatic rings. The second-order valence-electron chi connectivity index (χ2n) is 6.74. The van der Waals surface area contributed by atoms with Crippen molar-refractivity contribution in [3.8, 4) is 11.5 Å². The first kappa shape index (κ1) is 22.1. The van der Waals surface area contributed by atoms with Crippen molar-refractivity contribution >= 4 is 35.2 Å². The molecule has 1 unspecified atom stereocenters. The van der Waals surface area contributed by atoms with E-state index in [9.17, 15) is 5.11 Å². The van der Waals surface area contributed by atoms with Crippen molar-refractivity contribution < 1.29 is 19.7 Å². The van der Waals surface area contributed by atoms with Gasteiger partial charge in [-0.25, -0.2) is 0 Å². The summed E-state index contributed by atoms with van der Waals surface area (Å²) in [6, 6.07) is 5.58. The zero-order valence-corrected chi connectivity index (χ0v) is 17.0. The van der Waals surface area contributed by atoms with Gasteiger partial charge in [-0.3, -0.25) is 19.6 Å². The highest BCUT2D eigenvalue weighted by molar-refractivity contribution is 7.95. The molecule has 1 aromatic carbocycles. The molecule has 9 heteroatoms. The number of nitrogens with two attached hydrogens (primary N) is 1.